The maximum Gasteiger partial charge on any atom is 0.233 e. The van der Waals surface area contributed by atoms with E-state index in [0.29, 0.717) is 26.2 Å². The highest BCUT2D eigenvalue weighted by Crippen LogP contribution is 2.48. The molecule has 6 heteroatoms. The largest absolute Gasteiger partial charge is 0.383 e. The first-order chi connectivity index (χ1) is 9.66. The van der Waals surface area contributed by atoms with Crippen LogP contribution in [-0.2, 0) is 14.9 Å². The monoisotopic (exact) mass is 376 g/mol. The van der Waals surface area contributed by atoms with Gasteiger partial charge in [-0.3, -0.25) is 4.79 Å². The number of methoxy groups -OCH3 is 1. The number of hydrogen-bond donors (Lipinski definition) is 2. The summed E-state index contributed by atoms with van der Waals surface area (Å²) in [5.74, 6) is 0.0439. The Kier molecular flexibility index (Phi) is 7.66. The van der Waals surface area contributed by atoms with Gasteiger partial charge in [0.15, 0.2) is 0 Å². The number of amides is 1. The Bertz CT molecular complexity index is 467. The van der Waals surface area contributed by atoms with Crippen LogP contribution in [0.2, 0.25) is 0 Å². The maximum absolute atomic E-state index is 11.8. The zero-order valence-electron chi connectivity index (χ0n) is 12.2. The van der Waals surface area contributed by atoms with Crippen molar-refractivity contribution in [1.82, 2.24) is 10.6 Å². The molecule has 1 fully saturated rings. The van der Waals surface area contributed by atoms with Crippen LogP contribution in [0, 0.1) is 0 Å². The molecular weight excluding hydrogens is 356 g/mol. The van der Waals surface area contributed by atoms with Crippen molar-refractivity contribution in [3.8, 4) is 0 Å². The van der Waals surface area contributed by atoms with E-state index in [1.165, 1.54) is 5.56 Å². The van der Waals surface area contributed by atoms with Crippen LogP contribution in [0.1, 0.15) is 18.4 Å². The summed E-state index contributed by atoms with van der Waals surface area (Å²) in [7, 11) is 1.65. The molecule has 1 aliphatic rings. The molecule has 1 saturated carbocycles. The Morgan fingerprint density at radius 2 is 2.19 bits per heavy atom. The molecule has 1 amide bonds. The molecule has 1 aromatic rings. The number of hydrogen-bond acceptors (Lipinski definition) is 3. The van der Waals surface area contributed by atoms with E-state index in [-0.39, 0.29) is 23.7 Å². The Hall–Kier alpha value is -0.620. The molecule has 0 bridgehead atoms. The van der Waals surface area contributed by atoms with Crippen LogP contribution in [0.4, 0.5) is 0 Å². The molecule has 0 radical (unpaired) electrons. The van der Waals surface area contributed by atoms with E-state index in [9.17, 15) is 4.79 Å². The van der Waals surface area contributed by atoms with E-state index in [1.54, 1.807) is 7.11 Å². The topological polar surface area (TPSA) is 50.4 Å². The van der Waals surface area contributed by atoms with Crippen LogP contribution in [-0.4, -0.2) is 39.3 Å². The Labute approximate surface area is 140 Å². The van der Waals surface area contributed by atoms with Crippen molar-refractivity contribution in [3.05, 3.63) is 34.3 Å². The first kappa shape index (κ1) is 18.4. The molecule has 2 rings (SSSR count). The third-order valence-corrected chi connectivity index (χ3v) is 4.18. The third kappa shape index (κ3) is 5.58. The highest BCUT2D eigenvalue weighted by Gasteiger charge is 2.44. The highest BCUT2D eigenvalue weighted by atomic mass is 79.9. The van der Waals surface area contributed by atoms with Crippen LogP contribution < -0.4 is 10.6 Å². The van der Waals surface area contributed by atoms with Gasteiger partial charge in [-0.1, -0.05) is 28.1 Å². The Balaban J connectivity index is 0.00000220. The normalized spacial score (nSPS) is 15.1. The van der Waals surface area contributed by atoms with Gasteiger partial charge in [-0.25, -0.2) is 0 Å². The van der Waals surface area contributed by atoms with Crippen molar-refractivity contribution in [2.24, 2.45) is 0 Å². The number of halogens is 2. The summed E-state index contributed by atoms with van der Waals surface area (Å²) >= 11 is 3.50. The fourth-order valence-corrected chi connectivity index (χ4v) is 2.64. The van der Waals surface area contributed by atoms with Crippen molar-refractivity contribution in [2.75, 3.05) is 33.4 Å². The predicted molar refractivity (Wildman–Crippen MR) is 90.1 cm³/mol. The van der Waals surface area contributed by atoms with E-state index in [0.717, 1.165) is 17.3 Å². The lowest BCUT2D eigenvalue weighted by Gasteiger charge is -2.17. The summed E-state index contributed by atoms with van der Waals surface area (Å²) in [6.45, 7) is 2.38. The average molecular weight is 378 g/mol. The number of rotatable bonds is 8. The molecule has 0 heterocycles. The summed E-state index contributed by atoms with van der Waals surface area (Å²) < 4.78 is 6.01. The predicted octanol–water partition coefficient (Wildman–Crippen LogP) is 2.25. The maximum atomic E-state index is 11.8. The van der Waals surface area contributed by atoms with Gasteiger partial charge in [0.2, 0.25) is 5.91 Å². The second-order valence-corrected chi connectivity index (χ2v) is 6.15. The summed E-state index contributed by atoms with van der Waals surface area (Å²) in [5, 5.41) is 6.07. The summed E-state index contributed by atoms with van der Waals surface area (Å²) in [6.07, 6.45) is 2.28. The molecule has 0 aliphatic heterocycles. The third-order valence-electron chi connectivity index (χ3n) is 3.68. The highest BCUT2D eigenvalue weighted by molar-refractivity contribution is 9.10. The lowest BCUT2D eigenvalue weighted by Crippen LogP contribution is -2.39. The molecule has 0 aromatic heterocycles. The second kappa shape index (κ2) is 8.73. The molecule has 4 nitrogen and oxygen atoms in total. The molecule has 0 atom stereocenters. The van der Waals surface area contributed by atoms with Gasteiger partial charge < -0.3 is 15.4 Å². The van der Waals surface area contributed by atoms with Gasteiger partial charge in [0.25, 0.3) is 0 Å². The van der Waals surface area contributed by atoms with Gasteiger partial charge in [-0.15, -0.1) is 12.4 Å². The van der Waals surface area contributed by atoms with Crippen molar-refractivity contribution in [3.63, 3.8) is 0 Å². The summed E-state index contributed by atoms with van der Waals surface area (Å²) in [6, 6.07) is 8.36. The van der Waals surface area contributed by atoms with E-state index in [4.69, 9.17) is 4.74 Å². The quantitative estimate of drug-likeness (QED) is 0.683. The van der Waals surface area contributed by atoms with Gasteiger partial charge in [0, 0.05) is 30.1 Å². The Morgan fingerprint density at radius 3 is 2.81 bits per heavy atom. The lowest BCUT2D eigenvalue weighted by atomic mass is 9.96. The van der Waals surface area contributed by atoms with E-state index < -0.39 is 0 Å². The molecule has 1 aliphatic carbocycles. The van der Waals surface area contributed by atoms with Crippen molar-refractivity contribution in [1.29, 1.82) is 0 Å². The van der Waals surface area contributed by atoms with Gasteiger partial charge in [0.1, 0.15) is 0 Å². The fraction of sp³-hybridized carbons (Fsp3) is 0.533. The summed E-state index contributed by atoms with van der Waals surface area (Å²) in [5.41, 5.74) is 1.45. The fourth-order valence-electron chi connectivity index (χ4n) is 2.24. The standard InChI is InChI=1S/C15H21BrN2O2.ClH/c1-20-8-7-17-10-14(19)18-11-15(5-6-15)12-3-2-4-13(16)9-12;/h2-4,9,17H,5-8,10-11H2,1H3,(H,18,19);1H. The average Bonchev–Trinajstić information content (AvgIpc) is 3.23. The first-order valence-electron chi connectivity index (χ1n) is 6.89. The minimum Gasteiger partial charge on any atom is -0.383 e. The smallest absolute Gasteiger partial charge is 0.233 e. The van der Waals surface area contributed by atoms with Gasteiger partial charge >= 0.3 is 0 Å². The SMILES string of the molecule is COCCNCC(=O)NCC1(c2cccc(Br)c2)CC1.Cl. The van der Waals surface area contributed by atoms with Gasteiger partial charge in [-0.2, -0.15) is 0 Å². The number of ether oxygens (including phenoxy) is 1. The molecule has 0 spiro atoms. The van der Waals surface area contributed by atoms with Crippen LogP contribution in [0.25, 0.3) is 0 Å². The molecule has 0 unspecified atom stereocenters. The van der Waals surface area contributed by atoms with E-state index >= 15 is 0 Å². The van der Waals surface area contributed by atoms with Gasteiger partial charge in [0.05, 0.1) is 13.2 Å². The second-order valence-electron chi connectivity index (χ2n) is 5.24. The molecule has 2 N–H and O–H groups in total. The van der Waals surface area contributed by atoms with E-state index in [1.807, 2.05) is 12.1 Å². The number of carbonyl (C=O) groups is 1. The lowest BCUT2D eigenvalue weighted by molar-refractivity contribution is -0.120. The molecule has 118 valence electrons. The molecule has 21 heavy (non-hydrogen) atoms. The Morgan fingerprint density at radius 1 is 1.43 bits per heavy atom. The minimum absolute atomic E-state index is 0. The van der Waals surface area contributed by atoms with Crippen LogP contribution in [0.5, 0.6) is 0 Å². The summed E-state index contributed by atoms with van der Waals surface area (Å²) in [4.78, 5) is 11.8. The zero-order chi connectivity index (χ0) is 14.4. The zero-order valence-corrected chi connectivity index (χ0v) is 14.6. The molecular formula is C15H22BrClN2O2. The molecule has 0 saturated heterocycles. The van der Waals surface area contributed by atoms with Crippen molar-refractivity contribution in [2.45, 2.75) is 18.3 Å². The van der Waals surface area contributed by atoms with Crippen LogP contribution in [0.3, 0.4) is 0 Å². The van der Waals surface area contributed by atoms with E-state index in [2.05, 4.69) is 38.7 Å². The minimum atomic E-state index is 0. The molecule has 1 aromatic carbocycles. The van der Waals surface area contributed by atoms with Crippen molar-refractivity contribution < 1.29 is 9.53 Å². The number of nitrogens with one attached hydrogen (secondary N) is 2. The number of carbonyl (C=O) groups excluding carboxylic acids is 1. The number of benzene rings is 1. The van der Waals surface area contributed by atoms with Crippen LogP contribution >= 0.6 is 28.3 Å². The van der Waals surface area contributed by atoms with Crippen LogP contribution in [0.15, 0.2) is 28.7 Å². The van der Waals surface area contributed by atoms with Gasteiger partial charge in [-0.05, 0) is 30.5 Å². The van der Waals surface area contributed by atoms with Crippen molar-refractivity contribution >= 4 is 34.2 Å². The first-order valence-corrected chi connectivity index (χ1v) is 7.68.